The second kappa shape index (κ2) is 7.88. The minimum Gasteiger partial charge on any atom is -0.341 e. The quantitative estimate of drug-likeness (QED) is 0.637. The number of benzene rings is 1. The molecule has 0 bridgehead atoms. The van der Waals surface area contributed by atoms with Crippen LogP contribution in [0.2, 0.25) is 5.02 Å². The average molecular weight is 394 g/mol. The fourth-order valence-electron chi connectivity index (χ4n) is 3.46. The van der Waals surface area contributed by atoms with E-state index in [4.69, 9.17) is 17.4 Å². The molecule has 2 N–H and O–H groups in total. The highest BCUT2D eigenvalue weighted by atomic mass is 35.5. The van der Waals surface area contributed by atoms with Crippen LogP contribution < -0.4 is 5.84 Å². The smallest absolute Gasteiger partial charge is 0.235 e. The zero-order valence-corrected chi connectivity index (χ0v) is 16.8. The van der Waals surface area contributed by atoms with Crippen molar-refractivity contribution in [2.75, 3.05) is 18.9 Å². The van der Waals surface area contributed by atoms with Crippen molar-refractivity contribution in [3.63, 3.8) is 0 Å². The highest BCUT2D eigenvalue weighted by molar-refractivity contribution is 8.00. The number of nitrogen functional groups attached to an aromatic ring is 1. The summed E-state index contributed by atoms with van der Waals surface area (Å²) >= 11 is 7.26. The van der Waals surface area contributed by atoms with Crippen LogP contribution in [-0.2, 0) is 4.79 Å². The summed E-state index contributed by atoms with van der Waals surface area (Å²) in [4.78, 5) is 14.8. The van der Waals surface area contributed by atoms with Gasteiger partial charge in [0.25, 0.3) is 0 Å². The van der Waals surface area contributed by atoms with Crippen LogP contribution in [-0.4, -0.2) is 44.0 Å². The first-order valence-electron chi connectivity index (χ1n) is 8.77. The van der Waals surface area contributed by atoms with Gasteiger partial charge in [-0.1, -0.05) is 37.2 Å². The van der Waals surface area contributed by atoms with Gasteiger partial charge in [0.2, 0.25) is 11.1 Å². The molecule has 1 aromatic carbocycles. The zero-order chi connectivity index (χ0) is 18.8. The van der Waals surface area contributed by atoms with Crippen molar-refractivity contribution >= 4 is 29.3 Å². The third-order valence-electron chi connectivity index (χ3n) is 4.58. The first-order chi connectivity index (χ1) is 12.3. The molecule has 1 aliphatic heterocycles. The van der Waals surface area contributed by atoms with Gasteiger partial charge in [-0.2, -0.15) is 0 Å². The second-order valence-corrected chi connectivity index (χ2v) is 8.88. The normalized spacial score (nSPS) is 21.6. The van der Waals surface area contributed by atoms with Gasteiger partial charge in [0.05, 0.1) is 5.25 Å². The molecular weight excluding hydrogens is 370 g/mol. The number of carbonyl (C=O) groups is 1. The predicted octanol–water partition coefficient (Wildman–Crippen LogP) is 3.30. The van der Waals surface area contributed by atoms with Crippen molar-refractivity contribution in [1.82, 2.24) is 19.8 Å². The minimum absolute atomic E-state index is 0.129. The van der Waals surface area contributed by atoms with E-state index >= 15 is 0 Å². The third-order valence-corrected chi connectivity index (χ3v) is 5.87. The van der Waals surface area contributed by atoms with E-state index in [1.165, 1.54) is 22.9 Å². The van der Waals surface area contributed by atoms with E-state index in [2.05, 4.69) is 24.0 Å². The standard InChI is InChI=1S/C18H24ClN5OS/c1-11-8-12(2)10-23(9-11)17(25)13(3)26-18-22-21-16(24(18)20)14-4-6-15(19)7-5-14/h4-7,11-13H,8-10,20H2,1-3H3. The SMILES string of the molecule is CC1CC(C)CN(C(=O)C(C)Sc2nnc(-c3ccc(Cl)cc3)n2N)C1. The molecule has 1 aromatic heterocycles. The number of nitrogens with zero attached hydrogens (tertiary/aromatic N) is 4. The molecule has 1 amide bonds. The lowest BCUT2D eigenvalue weighted by molar-refractivity contribution is -0.132. The highest BCUT2D eigenvalue weighted by Gasteiger charge is 2.29. The minimum atomic E-state index is -0.267. The molecule has 1 fully saturated rings. The molecule has 26 heavy (non-hydrogen) atoms. The van der Waals surface area contributed by atoms with Gasteiger partial charge in [0.15, 0.2) is 5.82 Å². The van der Waals surface area contributed by atoms with E-state index in [1.807, 2.05) is 24.0 Å². The number of hydrogen-bond acceptors (Lipinski definition) is 5. The molecule has 140 valence electrons. The Morgan fingerprint density at radius 2 is 1.85 bits per heavy atom. The number of aromatic nitrogens is 3. The molecule has 1 aliphatic rings. The average Bonchev–Trinajstić information content (AvgIpc) is 2.95. The lowest BCUT2D eigenvalue weighted by Crippen LogP contribution is -2.45. The Morgan fingerprint density at radius 1 is 1.23 bits per heavy atom. The zero-order valence-electron chi connectivity index (χ0n) is 15.2. The number of amides is 1. The maximum atomic E-state index is 12.8. The van der Waals surface area contributed by atoms with Gasteiger partial charge in [-0.15, -0.1) is 10.2 Å². The van der Waals surface area contributed by atoms with Crippen molar-refractivity contribution in [1.29, 1.82) is 0 Å². The predicted molar refractivity (Wildman–Crippen MR) is 105 cm³/mol. The van der Waals surface area contributed by atoms with Gasteiger partial charge < -0.3 is 10.7 Å². The van der Waals surface area contributed by atoms with Crippen LogP contribution in [0, 0.1) is 11.8 Å². The van der Waals surface area contributed by atoms with E-state index in [0.29, 0.717) is 27.8 Å². The van der Waals surface area contributed by atoms with E-state index in [9.17, 15) is 4.79 Å². The van der Waals surface area contributed by atoms with Crippen LogP contribution in [0.5, 0.6) is 0 Å². The van der Waals surface area contributed by atoms with Crippen molar-refractivity contribution in [2.45, 2.75) is 37.6 Å². The number of piperidine rings is 1. The summed E-state index contributed by atoms with van der Waals surface area (Å²) in [6, 6.07) is 7.25. The Hall–Kier alpha value is -1.73. The van der Waals surface area contributed by atoms with E-state index in [1.54, 1.807) is 12.1 Å². The van der Waals surface area contributed by atoms with Gasteiger partial charge in [-0.05, 0) is 49.4 Å². The number of carbonyl (C=O) groups excluding carboxylic acids is 1. The highest BCUT2D eigenvalue weighted by Crippen LogP contribution is 2.28. The molecule has 0 radical (unpaired) electrons. The molecule has 0 saturated carbocycles. The molecule has 2 aromatic rings. The number of nitrogens with two attached hydrogens (primary N) is 1. The summed E-state index contributed by atoms with van der Waals surface area (Å²) in [5, 5.41) is 9.23. The number of halogens is 1. The fraction of sp³-hybridized carbons (Fsp3) is 0.500. The third kappa shape index (κ3) is 4.15. The molecule has 0 spiro atoms. The number of rotatable bonds is 4. The van der Waals surface area contributed by atoms with Crippen LogP contribution in [0.25, 0.3) is 11.4 Å². The molecule has 3 rings (SSSR count). The number of thioether (sulfide) groups is 1. The van der Waals surface area contributed by atoms with Gasteiger partial charge in [0.1, 0.15) is 0 Å². The van der Waals surface area contributed by atoms with Crippen molar-refractivity contribution in [2.24, 2.45) is 11.8 Å². The maximum absolute atomic E-state index is 12.8. The first kappa shape index (κ1) is 19.0. The lowest BCUT2D eigenvalue weighted by atomic mass is 9.92. The van der Waals surface area contributed by atoms with Crippen molar-refractivity contribution < 1.29 is 4.79 Å². The largest absolute Gasteiger partial charge is 0.341 e. The Balaban J connectivity index is 1.70. The maximum Gasteiger partial charge on any atom is 0.235 e. The fourth-order valence-corrected chi connectivity index (χ4v) is 4.44. The summed E-state index contributed by atoms with van der Waals surface area (Å²) in [6.07, 6.45) is 1.17. The molecule has 1 saturated heterocycles. The van der Waals surface area contributed by atoms with Crippen LogP contribution in [0.4, 0.5) is 0 Å². The Kier molecular flexibility index (Phi) is 5.77. The van der Waals surface area contributed by atoms with Gasteiger partial charge in [-0.25, -0.2) is 4.68 Å². The van der Waals surface area contributed by atoms with Crippen molar-refractivity contribution in [3.05, 3.63) is 29.3 Å². The summed E-state index contributed by atoms with van der Waals surface area (Å²) < 4.78 is 1.43. The lowest BCUT2D eigenvalue weighted by Gasteiger charge is -2.36. The second-order valence-electron chi connectivity index (χ2n) is 7.13. The Morgan fingerprint density at radius 3 is 2.46 bits per heavy atom. The van der Waals surface area contributed by atoms with Gasteiger partial charge >= 0.3 is 0 Å². The van der Waals surface area contributed by atoms with E-state index < -0.39 is 0 Å². The van der Waals surface area contributed by atoms with E-state index in [0.717, 1.165) is 18.7 Å². The summed E-state index contributed by atoms with van der Waals surface area (Å²) in [7, 11) is 0. The summed E-state index contributed by atoms with van der Waals surface area (Å²) in [5.41, 5.74) is 0.828. The number of hydrogen-bond donors (Lipinski definition) is 1. The van der Waals surface area contributed by atoms with E-state index in [-0.39, 0.29) is 11.2 Å². The van der Waals surface area contributed by atoms with Crippen LogP contribution in [0.3, 0.4) is 0 Å². The van der Waals surface area contributed by atoms with Gasteiger partial charge in [0, 0.05) is 23.7 Å². The Bertz CT molecular complexity index is 768. The molecular formula is C18H24ClN5OS. The molecule has 8 heteroatoms. The molecule has 6 nitrogen and oxygen atoms in total. The van der Waals surface area contributed by atoms with Crippen LogP contribution >= 0.6 is 23.4 Å². The Labute approximate surface area is 163 Å². The first-order valence-corrected chi connectivity index (χ1v) is 10.0. The summed E-state index contributed by atoms with van der Waals surface area (Å²) in [6.45, 7) is 7.93. The topological polar surface area (TPSA) is 77.0 Å². The van der Waals surface area contributed by atoms with Gasteiger partial charge in [-0.3, -0.25) is 4.79 Å². The monoisotopic (exact) mass is 393 g/mol. The number of likely N-dealkylation sites (tertiary alicyclic amines) is 1. The molecule has 0 aliphatic carbocycles. The molecule has 2 heterocycles. The summed E-state index contributed by atoms with van der Waals surface area (Å²) in [5.74, 6) is 7.91. The van der Waals surface area contributed by atoms with Crippen LogP contribution in [0.15, 0.2) is 29.4 Å². The van der Waals surface area contributed by atoms with Crippen molar-refractivity contribution in [3.8, 4) is 11.4 Å². The molecule has 3 atom stereocenters. The van der Waals surface area contributed by atoms with Crippen LogP contribution in [0.1, 0.15) is 27.2 Å². The molecule has 3 unspecified atom stereocenters.